The summed E-state index contributed by atoms with van der Waals surface area (Å²) in [4.78, 5) is 2.44. The van der Waals surface area contributed by atoms with Gasteiger partial charge in [0, 0.05) is 30.3 Å². The van der Waals surface area contributed by atoms with Crippen LogP contribution in [0.1, 0.15) is 57.7 Å². The van der Waals surface area contributed by atoms with Crippen LogP contribution in [-0.4, -0.2) is 18.9 Å². The van der Waals surface area contributed by atoms with Crippen molar-refractivity contribution < 1.29 is 4.74 Å². The van der Waals surface area contributed by atoms with E-state index in [0.717, 1.165) is 24.2 Å². The van der Waals surface area contributed by atoms with E-state index >= 15 is 0 Å². The summed E-state index contributed by atoms with van der Waals surface area (Å²) in [6.45, 7) is 8.87. The molecule has 2 aromatic rings. The van der Waals surface area contributed by atoms with Crippen molar-refractivity contribution in [3.63, 3.8) is 0 Å². The van der Waals surface area contributed by atoms with E-state index in [1.165, 1.54) is 16.8 Å². The van der Waals surface area contributed by atoms with Crippen molar-refractivity contribution >= 4 is 17.1 Å². The topological polar surface area (TPSA) is 50.5 Å². The molecule has 4 heteroatoms. The van der Waals surface area contributed by atoms with Crippen molar-refractivity contribution in [1.82, 2.24) is 0 Å². The first-order valence-electron chi connectivity index (χ1n) is 9.94. The van der Waals surface area contributed by atoms with Gasteiger partial charge in [-0.25, -0.2) is 0 Å². The average Bonchev–Trinajstić information content (AvgIpc) is 3.43. The van der Waals surface area contributed by atoms with E-state index < -0.39 is 0 Å². The van der Waals surface area contributed by atoms with Crippen LogP contribution < -0.4 is 16.0 Å². The van der Waals surface area contributed by atoms with Gasteiger partial charge in [-0.05, 0) is 63.8 Å². The molecular formula is C23H31N3O. The summed E-state index contributed by atoms with van der Waals surface area (Å²) in [5.74, 6) is 0. The molecule has 27 heavy (non-hydrogen) atoms. The Balaban J connectivity index is 1.75. The van der Waals surface area contributed by atoms with Gasteiger partial charge < -0.3 is 20.7 Å². The fraction of sp³-hybridized carbons (Fsp3) is 0.478. The normalized spacial score (nSPS) is 23.6. The summed E-state index contributed by atoms with van der Waals surface area (Å²) < 4.78 is 6.13. The molecule has 1 aliphatic heterocycles. The summed E-state index contributed by atoms with van der Waals surface area (Å²) in [7, 11) is 1.83. The van der Waals surface area contributed by atoms with Crippen LogP contribution in [0.3, 0.4) is 0 Å². The van der Waals surface area contributed by atoms with Crippen LogP contribution in [0.5, 0.6) is 0 Å². The molecule has 1 unspecified atom stereocenters. The van der Waals surface area contributed by atoms with Gasteiger partial charge in [-0.1, -0.05) is 30.3 Å². The molecule has 1 aliphatic carbocycles. The average molecular weight is 366 g/mol. The lowest BCUT2D eigenvalue weighted by Gasteiger charge is -2.42. The van der Waals surface area contributed by atoms with Crippen molar-refractivity contribution in [1.29, 1.82) is 0 Å². The molecule has 144 valence electrons. The number of hydrogen-bond acceptors (Lipinski definition) is 4. The first-order chi connectivity index (χ1) is 12.8. The van der Waals surface area contributed by atoms with Crippen LogP contribution in [0.2, 0.25) is 0 Å². The van der Waals surface area contributed by atoms with Gasteiger partial charge in [0.2, 0.25) is 0 Å². The fourth-order valence-electron chi connectivity index (χ4n) is 5.00. The van der Waals surface area contributed by atoms with Crippen molar-refractivity contribution in [2.75, 3.05) is 23.1 Å². The second kappa shape index (κ2) is 6.16. The van der Waals surface area contributed by atoms with Gasteiger partial charge >= 0.3 is 0 Å². The maximum Gasteiger partial charge on any atom is 0.147 e. The molecule has 2 aliphatic rings. The molecule has 3 N–H and O–H groups in total. The number of hydrogen-bond donors (Lipinski definition) is 2. The Morgan fingerprint density at radius 3 is 2.33 bits per heavy atom. The van der Waals surface area contributed by atoms with E-state index in [9.17, 15) is 0 Å². The van der Waals surface area contributed by atoms with E-state index in [2.05, 4.69) is 74.3 Å². The minimum absolute atomic E-state index is 0.0685. The third kappa shape index (κ3) is 2.53. The number of benzene rings is 2. The molecule has 0 amide bonds. The van der Waals surface area contributed by atoms with Crippen molar-refractivity contribution in [2.24, 2.45) is 0 Å². The van der Waals surface area contributed by atoms with Crippen molar-refractivity contribution in [2.45, 2.75) is 63.8 Å². The van der Waals surface area contributed by atoms with E-state index in [1.807, 2.05) is 13.2 Å². The zero-order chi connectivity index (χ0) is 19.4. The first-order valence-corrected chi connectivity index (χ1v) is 9.94. The summed E-state index contributed by atoms with van der Waals surface area (Å²) in [6.07, 6.45) is 2.31. The lowest BCUT2D eigenvalue weighted by Crippen LogP contribution is -2.54. The first kappa shape index (κ1) is 18.2. The Morgan fingerprint density at radius 2 is 1.78 bits per heavy atom. The highest BCUT2D eigenvalue weighted by atomic mass is 16.5. The predicted molar refractivity (Wildman–Crippen MR) is 113 cm³/mol. The SMILES string of the molecule is COC1(C)N(C(C)C)c2cc(N[C@@H](C)c3ccccc3)c(N)cc2C12CC2. The lowest BCUT2D eigenvalue weighted by molar-refractivity contribution is -0.0248. The standard InChI is InChI=1S/C23H31N3O/c1-15(2)26-21-14-20(25-16(3)17-9-7-6-8-10-17)19(24)13-18(21)23(11-12-23)22(26,4)27-5/h6-10,13-16,25H,11-12,24H2,1-5H3/t16-,22?/m0/s1. The number of rotatable bonds is 5. The van der Waals surface area contributed by atoms with Gasteiger partial charge in [-0.3, -0.25) is 0 Å². The molecule has 2 aromatic carbocycles. The van der Waals surface area contributed by atoms with Crippen LogP contribution >= 0.6 is 0 Å². The zero-order valence-corrected chi connectivity index (χ0v) is 17.0. The number of nitrogens with zero attached hydrogens (tertiary/aromatic N) is 1. The van der Waals surface area contributed by atoms with E-state index in [-0.39, 0.29) is 17.2 Å². The monoisotopic (exact) mass is 365 g/mol. The number of nitrogen functional groups attached to an aromatic ring is 1. The summed E-state index contributed by atoms with van der Waals surface area (Å²) in [5.41, 5.74) is 11.9. The van der Waals surface area contributed by atoms with E-state index in [4.69, 9.17) is 10.5 Å². The number of nitrogens with one attached hydrogen (secondary N) is 1. The molecule has 1 spiro atoms. The molecule has 0 saturated heterocycles. The molecule has 0 radical (unpaired) electrons. The largest absolute Gasteiger partial charge is 0.397 e. The number of anilines is 3. The summed E-state index contributed by atoms with van der Waals surface area (Å²) in [5, 5.41) is 3.62. The molecule has 1 saturated carbocycles. The van der Waals surface area contributed by atoms with E-state index in [0.29, 0.717) is 6.04 Å². The zero-order valence-electron chi connectivity index (χ0n) is 17.0. The predicted octanol–water partition coefficient (Wildman–Crippen LogP) is 5.06. The molecule has 1 fully saturated rings. The van der Waals surface area contributed by atoms with Gasteiger partial charge in [0.05, 0.1) is 11.4 Å². The molecule has 1 heterocycles. The van der Waals surface area contributed by atoms with Crippen LogP contribution in [0.25, 0.3) is 0 Å². The van der Waals surface area contributed by atoms with Crippen LogP contribution in [0, 0.1) is 0 Å². The molecule has 0 aromatic heterocycles. The van der Waals surface area contributed by atoms with Crippen LogP contribution in [-0.2, 0) is 10.2 Å². The van der Waals surface area contributed by atoms with Gasteiger partial charge in [-0.15, -0.1) is 0 Å². The van der Waals surface area contributed by atoms with E-state index in [1.54, 1.807) is 0 Å². The Labute approximate surface area is 162 Å². The molecule has 0 bridgehead atoms. The molecular weight excluding hydrogens is 334 g/mol. The van der Waals surface area contributed by atoms with Crippen molar-refractivity contribution in [3.05, 3.63) is 53.6 Å². The third-order valence-electron chi connectivity index (χ3n) is 6.63. The Morgan fingerprint density at radius 1 is 1.11 bits per heavy atom. The number of methoxy groups -OCH3 is 1. The second-order valence-corrected chi connectivity index (χ2v) is 8.47. The lowest BCUT2D eigenvalue weighted by atomic mass is 9.88. The van der Waals surface area contributed by atoms with Crippen molar-refractivity contribution in [3.8, 4) is 0 Å². The molecule has 2 atom stereocenters. The van der Waals surface area contributed by atoms with Gasteiger partial charge in [0.1, 0.15) is 5.72 Å². The highest BCUT2D eigenvalue weighted by Gasteiger charge is 2.67. The minimum Gasteiger partial charge on any atom is -0.397 e. The summed E-state index contributed by atoms with van der Waals surface area (Å²) >= 11 is 0. The Kier molecular flexibility index (Phi) is 4.15. The number of fused-ring (bicyclic) bond motifs is 2. The Bertz CT molecular complexity index is 844. The summed E-state index contributed by atoms with van der Waals surface area (Å²) in [6, 6.07) is 15.4. The highest BCUT2D eigenvalue weighted by Crippen LogP contribution is 2.66. The smallest absolute Gasteiger partial charge is 0.147 e. The fourth-order valence-corrected chi connectivity index (χ4v) is 5.00. The third-order valence-corrected chi connectivity index (χ3v) is 6.63. The maximum atomic E-state index is 6.50. The van der Waals surface area contributed by atoms with Gasteiger partial charge in [-0.2, -0.15) is 0 Å². The molecule has 4 rings (SSSR count). The molecule has 4 nitrogen and oxygen atoms in total. The maximum absolute atomic E-state index is 6.50. The Hall–Kier alpha value is -2.20. The van der Waals surface area contributed by atoms with Crippen LogP contribution in [0.15, 0.2) is 42.5 Å². The number of ether oxygens (including phenoxy) is 1. The van der Waals surface area contributed by atoms with Crippen LogP contribution in [0.4, 0.5) is 17.1 Å². The highest BCUT2D eigenvalue weighted by molar-refractivity contribution is 5.81. The van der Waals surface area contributed by atoms with Gasteiger partial charge in [0.25, 0.3) is 0 Å². The number of nitrogens with two attached hydrogens (primary N) is 1. The second-order valence-electron chi connectivity index (χ2n) is 8.47. The van der Waals surface area contributed by atoms with Gasteiger partial charge in [0.15, 0.2) is 0 Å². The minimum atomic E-state index is -0.320. The quantitative estimate of drug-likeness (QED) is 0.727.